The van der Waals surface area contributed by atoms with Gasteiger partial charge < -0.3 is 15.5 Å². The van der Waals surface area contributed by atoms with Crippen molar-refractivity contribution in [1.82, 2.24) is 15.5 Å². The minimum absolute atomic E-state index is 0. The van der Waals surface area contributed by atoms with Gasteiger partial charge in [-0.05, 0) is 69.8 Å². The van der Waals surface area contributed by atoms with E-state index in [-0.39, 0.29) is 36.8 Å². The van der Waals surface area contributed by atoms with Crippen LogP contribution in [0.2, 0.25) is 0 Å². The molecule has 4 nitrogen and oxygen atoms in total. The van der Waals surface area contributed by atoms with Crippen molar-refractivity contribution in [2.75, 3.05) is 32.7 Å². The van der Waals surface area contributed by atoms with Gasteiger partial charge in [-0.3, -0.25) is 4.79 Å². The number of carbonyl (C=O) groups excluding carboxylic acids is 1. The van der Waals surface area contributed by atoms with E-state index in [0.717, 1.165) is 39.1 Å². The number of hydrogen-bond acceptors (Lipinski definition) is 3. The van der Waals surface area contributed by atoms with Crippen LogP contribution < -0.4 is 10.6 Å². The third kappa shape index (κ3) is 7.43. The lowest BCUT2D eigenvalue weighted by Crippen LogP contribution is -2.37. The van der Waals surface area contributed by atoms with Gasteiger partial charge in [0.05, 0.1) is 6.04 Å². The molecule has 1 aromatic rings. The van der Waals surface area contributed by atoms with Crippen LogP contribution in [0.15, 0.2) is 30.3 Å². The molecule has 2 N–H and O–H groups in total. The van der Waals surface area contributed by atoms with E-state index in [2.05, 4.69) is 39.8 Å². The van der Waals surface area contributed by atoms with E-state index >= 15 is 0 Å². The Bertz CT molecular complexity index is 503. The van der Waals surface area contributed by atoms with Crippen LogP contribution in [0.4, 0.5) is 0 Å². The lowest BCUT2D eigenvalue weighted by molar-refractivity contribution is -0.122. The van der Waals surface area contributed by atoms with Gasteiger partial charge in [0.15, 0.2) is 0 Å². The van der Waals surface area contributed by atoms with Crippen LogP contribution in [0.3, 0.4) is 0 Å². The molecule has 2 aliphatic rings. The van der Waals surface area contributed by atoms with Gasteiger partial charge in [0, 0.05) is 13.0 Å². The van der Waals surface area contributed by atoms with E-state index in [1.54, 1.807) is 0 Å². The van der Waals surface area contributed by atoms with Crippen LogP contribution in [0.5, 0.6) is 0 Å². The van der Waals surface area contributed by atoms with Crippen molar-refractivity contribution >= 4 is 30.7 Å². The molecule has 0 aliphatic carbocycles. The average molecular weight is 402 g/mol. The Balaban J connectivity index is 0.00000169. The molecule has 1 unspecified atom stereocenters. The predicted octanol–water partition coefficient (Wildman–Crippen LogP) is 3.56. The zero-order valence-corrected chi connectivity index (χ0v) is 17.1. The van der Waals surface area contributed by atoms with E-state index in [4.69, 9.17) is 0 Å². The zero-order valence-electron chi connectivity index (χ0n) is 15.5. The van der Waals surface area contributed by atoms with Crippen molar-refractivity contribution in [3.05, 3.63) is 35.9 Å². The van der Waals surface area contributed by atoms with Crippen LogP contribution in [-0.4, -0.2) is 43.5 Å². The van der Waals surface area contributed by atoms with E-state index in [1.165, 1.54) is 31.2 Å². The van der Waals surface area contributed by atoms with Gasteiger partial charge in [0.2, 0.25) is 5.91 Å². The van der Waals surface area contributed by atoms with Crippen LogP contribution in [0.1, 0.15) is 50.1 Å². The van der Waals surface area contributed by atoms with Crippen molar-refractivity contribution in [1.29, 1.82) is 0 Å². The van der Waals surface area contributed by atoms with Crippen molar-refractivity contribution in [2.24, 2.45) is 5.92 Å². The quantitative estimate of drug-likeness (QED) is 0.733. The van der Waals surface area contributed by atoms with Crippen LogP contribution >= 0.6 is 24.8 Å². The molecule has 2 saturated heterocycles. The number of likely N-dealkylation sites (tertiary alicyclic amines) is 1. The van der Waals surface area contributed by atoms with E-state index in [1.807, 2.05) is 6.07 Å². The van der Waals surface area contributed by atoms with Gasteiger partial charge in [0.1, 0.15) is 0 Å². The van der Waals surface area contributed by atoms with E-state index in [9.17, 15) is 4.79 Å². The summed E-state index contributed by atoms with van der Waals surface area (Å²) in [5.41, 5.74) is 1.22. The molecule has 2 aliphatic heterocycles. The van der Waals surface area contributed by atoms with Gasteiger partial charge >= 0.3 is 0 Å². The molecule has 2 heterocycles. The minimum Gasteiger partial charge on any atom is -0.348 e. The number of benzene rings is 1. The summed E-state index contributed by atoms with van der Waals surface area (Å²) in [6.07, 6.45) is 6.68. The first-order chi connectivity index (χ1) is 11.8. The SMILES string of the molecule is Cl.Cl.O=C(CCC1CCNCC1)NC(CN1CCCC1)c1ccccc1. The van der Waals surface area contributed by atoms with Crippen molar-refractivity contribution in [3.63, 3.8) is 0 Å². The fourth-order valence-corrected chi connectivity index (χ4v) is 3.92. The first-order valence-corrected chi connectivity index (χ1v) is 9.58. The molecule has 3 rings (SSSR count). The molecule has 1 aromatic carbocycles. The maximum absolute atomic E-state index is 12.5. The molecule has 0 saturated carbocycles. The number of nitrogens with one attached hydrogen (secondary N) is 2. The first-order valence-electron chi connectivity index (χ1n) is 9.58. The molecule has 0 spiro atoms. The highest BCUT2D eigenvalue weighted by atomic mass is 35.5. The second-order valence-corrected chi connectivity index (χ2v) is 7.27. The van der Waals surface area contributed by atoms with Crippen molar-refractivity contribution < 1.29 is 4.79 Å². The third-order valence-corrected chi connectivity index (χ3v) is 5.41. The standard InChI is InChI=1S/C20H31N3O.2ClH/c24-20(9-8-17-10-12-21-13-11-17)22-19(16-23-14-4-5-15-23)18-6-2-1-3-7-18;;/h1-3,6-7,17,19,21H,4-5,8-16H2,(H,22,24);2*1H. The highest BCUT2D eigenvalue weighted by Crippen LogP contribution is 2.20. The summed E-state index contributed by atoms with van der Waals surface area (Å²) in [4.78, 5) is 15.0. The maximum atomic E-state index is 12.5. The Morgan fingerprint density at radius 1 is 1.12 bits per heavy atom. The molecule has 1 amide bonds. The molecule has 148 valence electrons. The van der Waals surface area contributed by atoms with Crippen LogP contribution in [-0.2, 0) is 4.79 Å². The topological polar surface area (TPSA) is 44.4 Å². The summed E-state index contributed by atoms with van der Waals surface area (Å²) in [7, 11) is 0. The first kappa shape index (κ1) is 23.2. The minimum atomic E-state index is 0. The molecule has 0 radical (unpaired) electrons. The van der Waals surface area contributed by atoms with Gasteiger partial charge in [-0.2, -0.15) is 0 Å². The Kier molecular flexibility index (Phi) is 11.2. The number of piperidine rings is 1. The molecule has 0 aromatic heterocycles. The fourth-order valence-electron chi connectivity index (χ4n) is 3.92. The molecule has 26 heavy (non-hydrogen) atoms. The predicted molar refractivity (Wildman–Crippen MR) is 112 cm³/mol. The van der Waals surface area contributed by atoms with E-state index < -0.39 is 0 Å². The Morgan fingerprint density at radius 3 is 2.42 bits per heavy atom. The number of carbonyl (C=O) groups is 1. The summed E-state index contributed by atoms with van der Waals surface area (Å²) < 4.78 is 0. The zero-order chi connectivity index (χ0) is 16.6. The number of nitrogens with zero attached hydrogens (tertiary/aromatic N) is 1. The molecular weight excluding hydrogens is 369 g/mol. The van der Waals surface area contributed by atoms with Gasteiger partial charge in [0.25, 0.3) is 0 Å². The Hall–Kier alpha value is -0.810. The van der Waals surface area contributed by atoms with Gasteiger partial charge in [-0.1, -0.05) is 30.3 Å². The molecule has 1 atom stereocenters. The number of hydrogen-bond donors (Lipinski definition) is 2. The van der Waals surface area contributed by atoms with Gasteiger partial charge in [-0.25, -0.2) is 0 Å². The Morgan fingerprint density at radius 2 is 1.77 bits per heavy atom. The summed E-state index contributed by atoms with van der Waals surface area (Å²) >= 11 is 0. The molecule has 0 bridgehead atoms. The smallest absolute Gasteiger partial charge is 0.220 e. The normalized spacial score (nSPS) is 19.2. The van der Waals surface area contributed by atoms with E-state index in [0.29, 0.717) is 12.3 Å². The molecule has 2 fully saturated rings. The number of rotatable bonds is 7. The largest absolute Gasteiger partial charge is 0.348 e. The molecule has 6 heteroatoms. The van der Waals surface area contributed by atoms with Crippen LogP contribution in [0, 0.1) is 5.92 Å². The number of halogens is 2. The highest BCUT2D eigenvalue weighted by molar-refractivity contribution is 5.85. The lowest BCUT2D eigenvalue weighted by Gasteiger charge is -2.26. The maximum Gasteiger partial charge on any atom is 0.220 e. The second-order valence-electron chi connectivity index (χ2n) is 7.27. The highest BCUT2D eigenvalue weighted by Gasteiger charge is 2.21. The summed E-state index contributed by atoms with van der Waals surface area (Å²) in [6.45, 7) is 5.47. The van der Waals surface area contributed by atoms with Crippen molar-refractivity contribution in [2.45, 2.75) is 44.6 Å². The fraction of sp³-hybridized carbons (Fsp3) is 0.650. The summed E-state index contributed by atoms with van der Waals surface area (Å²) in [6, 6.07) is 10.5. The summed E-state index contributed by atoms with van der Waals surface area (Å²) in [5.74, 6) is 0.923. The summed E-state index contributed by atoms with van der Waals surface area (Å²) in [5, 5.41) is 6.69. The monoisotopic (exact) mass is 401 g/mol. The second kappa shape index (κ2) is 12.6. The van der Waals surface area contributed by atoms with Crippen LogP contribution in [0.25, 0.3) is 0 Å². The Labute approximate surface area is 170 Å². The van der Waals surface area contributed by atoms with Gasteiger partial charge in [-0.15, -0.1) is 24.8 Å². The molecular formula is C20H33Cl2N3O. The third-order valence-electron chi connectivity index (χ3n) is 5.41. The number of amides is 1. The average Bonchev–Trinajstić information content (AvgIpc) is 3.14. The van der Waals surface area contributed by atoms with Crippen molar-refractivity contribution in [3.8, 4) is 0 Å². The lowest BCUT2D eigenvalue weighted by atomic mass is 9.93.